The first-order valence-electron chi connectivity index (χ1n) is 12.0. The van der Waals surface area contributed by atoms with Crippen molar-refractivity contribution in [2.24, 2.45) is 0 Å². The van der Waals surface area contributed by atoms with E-state index in [-0.39, 0.29) is 11.4 Å². The summed E-state index contributed by atoms with van der Waals surface area (Å²) in [6.45, 7) is 1.26. The van der Waals surface area contributed by atoms with Crippen molar-refractivity contribution >= 4 is 38.4 Å². The van der Waals surface area contributed by atoms with Gasteiger partial charge in [0.25, 0.3) is 0 Å². The molecule has 3 aromatic carbocycles. The number of hydrogen-bond acceptors (Lipinski definition) is 8. The maximum atomic E-state index is 6.32. The van der Waals surface area contributed by atoms with E-state index in [0.29, 0.717) is 19.0 Å². The summed E-state index contributed by atoms with van der Waals surface area (Å²) in [5, 5.41) is 5.96. The van der Waals surface area contributed by atoms with Crippen LogP contribution in [0.25, 0.3) is 22.3 Å². The average molecular weight is 528 g/mol. The third-order valence-corrected chi connectivity index (χ3v) is 9.02. The first kappa shape index (κ1) is 23.8. The van der Waals surface area contributed by atoms with Gasteiger partial charge in [0.15, 0.2) is 5.65 Å². The maximum absolute atomic E-state index is 6.32. The lowest BCUT2D eigenvalue weighted by molar-refractivity contribution is 0.0534. The Balaban J connectivity index is 1.24. The molecule has 7 nitrogen and oxygen atoms in total. The fourth-order valence-electron chi connectivity index (χ4n) is 4.28. The highest BCUT2D eigenvalue weighted by atomic mass is 33.1. The van der Waals surface area contributed by atoms with Crippen LogP contribution < -0.4 is 10.5 Å². The van der Waals surface area contributed by atoms with E-state index in [2.05, 4.69) is 22.1 Å². The first-order valence-corrected chi connectivity index (χ1v) is 14.4. The van der Waals surface area contributed by atoms with Gasteiger partial charge >= 0.3 is 0 Å². The number of para-hydroxylation sites is 1. The van der Waals surface area contributed by atoms with Crippen LogP contribution in [0.15, 0.2) is 91.3 Å². The predicted molar refractivity (Wildman–Crippen MR) is 151 cm³/mol. The molecular formula is C28H25N5O2S2. The minimum atomic E-state index is 0.117. The molecule has 0 radical (unpaired) electrons. The molecule has 1 aliphatic heterocycles. The highest BCUT2D eigenvalue weighted by Crippen LogP contribution is 2.41. The first-order chi connectivity index (χ1) is 18.2. The number of nitrogens with zero attached hydrogens (tertiary/aromatic N) is 4. The number of hydrogen-bond donors (Lipinski definition) is 1. The molecule has 2 atom stereocenters. The van der Waals surface area contributed by atoms with Gasteiger partial charge < -0.3 is 15.2 Å². The molecule has 186 valence electrons. The third kappa shape index (κ3) is 5.29. The van der Waals surface area contributed by atoms with E-state index in [1.54, 1.807) is 0 Å². The number of nitrogens with two attached hydrogens (primary N) is 1. The summed E-state index contributed by atoms with van der Waals surface area (Å²) < 4.78 is 14.2. The van der Waals surface area contributed by atoms with Gasteiger partial charge in [0.05, 0.1) is 29.9 Å². The van der Waals surface area contributed by atoms with Crippen LogP contribution in [-0.2, 0) is 17.9 Å². The van der Waals surface area contributed by atoms with Crippen molar-refractivity contribution in [3.63, 3.8) is 0 Å². The molecule has 0 saturated carbocycles. The summed E-state index contributed by atoms with van der Waals surface area (Å²) >= 11 is 0. The van der Waals surface area contributed by atoms with Crippen molar-refractivity contribution in [3.8, 4) is 22.8 Å². The van der Waals surface area contributed by atoms with Crippen LogP contribution >= 0.6 is 21.6 Å². The van der Waals surface area contributed by atoms with Crippen LogP contribution in [0.4, 0.5) is 5.82 Å². The Labute approximate surface area is 222 Å². The van der Waals surface area contributed by atoms with Crippen molar-refractivity contribution in [2.45, 2.75) is 24.5 Å². The topological polar surface area (TPSA) is 88.1 Å². The van der Waals surface area contributed by atoms with Gasteiger partial charge in [0, 0.05) is 11.3 Å². The molecule has 2 N–H and O–H groups in total. The summed E-state index contributed by atoms with van der Waals surface area (Å²) in [7, 11) is 3.68. The Bertz CT molecular complexity index is 1480. The lowest BCUT2D eigenvalue weighted by Crippen LogP contribution is -2.28. The van der Waals surface area contributed by atoms with Gasteiger partial charge in [0.2, 0.25) is 0 Å². The molecule has 1 fully saturated rings. The SMILES string of the molecule is Nc1ncnc2c1c(-c1ccc(Oc3ccccc3)cc1)nn2C[C@@H]1SSC[C@H]1OCc1ccccc1. The second kappa shape index (κ2) is 10.8. The van der Waals surface area contributed by atoms with Crippen LogP contribution in [0, 0.1) is 0 Å². The number of rotatable bonds is 8. The molecule has 37 heavy (non-hydrogen) atoms. The molecule has 0 unspecified atom stereocenters. The molecule has 6 rings (SSSR count). The van der Waals surface area contributed by atoms with Crippen molar-refractivity contribution in [3.05, 3.63) is 96.8 Å². The Hall–Kier alpha value is -3.53. The number of fused-ring (bicyclic) bond motifs is 1. The summed E-state index contributed by atoms with van der Waals surface area (Å²) in [6, 6.07) is 27.8. The lowest BCUT2D eigenvalue weighted by Gasteiger charge is -2.18. The Morgan fingerprint density at radius 2 is 1.62 bits per heavy atom. The third-order valence-electron chi connectivity index (χ3n) is 6.16. The zero-order valence-electron chi connectivity index (χ0n) is 19.9. The van der Waals surface area contributed by atoms with Gasteiger partial charge in [-0.05, 0) is 42.0 Å². The molecule has 0 amide bonds. The monoisotopic (exact) mass is 527 g/mol. The predicted octanol–water partition coefficient (Wildman–Crippen LogP) is 6.22. The summed E-state index contributed by atoms with van der Waals surface area (Å²) in [5.41, 5.74) is 9.92. The van der Waals surface area contributed by atoms with E-state index in [1.165, 1.54) is 11.9 Å². The molecule has 0 aliphatic carbocycles. The van der Waals surface area contributed by atoms with Gasteiger partial charge in [-0.3, -0.25) is 0 Å². The molecule has 3 heterocycles. The van der Waals surface area contributed by atoms with Crippen molar-refractivity contribution in [2.75, 3.05) is 11.5 Å². The fraction of sp³-hybridized carbons (Fsp3) is 0.179. The van der Waals surface area contributed by atoms with E-state index in [1.807, 2.05) is 99.1 Å². The highest BCUT2D eigenvalue weighted by Gasteiger charge is 2.31. The standard InChI is InChI=1S/C28H25N5O2S2/c29-27-25-26(20-11-13-22(14-12-20)35-21-9-5-2-6-10-21)32-33(28(25)31-18-30-27)15-24-23(17-36-37-24)34-16-19-7-3-1-4-8-19/h1-14,18,23-24H,15-17H2,(H2,29,30,31)/t23-,24+/m1/s1. The van der Waals surface area contributed by atoms with Crippen LogP contribution in [0.1, 0.15) is 5.56 Å². The fourth-order valence-corrected chi connectivity index (χ4v) is 7.34. The van der Waals surface area contributed by atoms with Gasteiger partial charge in [-0.15, -0.1) is 0 Å². The van der Waals surface area contributed by atoms with Gasteiger partial charge in [-0.25, -0.2) is 14.6 Å². The molecule has 0 bridgehead atoms. The summed E-state index contributed by atoms with van der Waals surface area (Å²) in [4.78, 5) is 8.79. The van der Waals surface area contributed by atoms with E-state index in [4.69, 9.17) is 20.3 Å². The van der Waals surface area contributed by atoms with E-state index in [9.17, 15) is 0 Å². The number of ether oxygens (including phenoxy) is 2. The molecule has 5 aromatic rings. The van der Waals surface area contributed by atoms with Crippen LogP contribution in [0.5, 0.6) is 11.5 Å². The molecule has 2 aromatic heterocycles. The number of nitrogen functional groups attached to an aromatic ring is 1. The Kier molecular flexibility index (Phi) is 6.98. The quantitative estimate of drug-likeness (QED) is 0.238. The minimum absolute atomic E-state index is 0.117. The second-order valence-corrected chi connectivity index (χ2v) is 11.3. The Morgan fingerprint density at radius 1 is 0.892 bits per heavy atom. The molecule has 1 aliphatic rings. The summed E-state index contributed by atoms with van der Waals surface area (Å²) in [6.07, 6.45) is 1.61. The highest BCUT2D eigenvalue weighted by molar-refractivity contribution is 8.77. The van der Waals surface area contributed by atoms with E-state index < -0.39 is 0 Å². The lowest BCUT2D eigenvalue weighted by atomic mass is 10.1. The van der Waals surface area contributed by atoms with Crippen molar-refractivity contribution < 1.29 is 9.47 Å². The van der Waals surface area contributed by atoms with Gasteiger partial charge in [-0.1, -0.05) is 70.1 Å². The largest absolute Gasteiger partial charge is 0.457 e. The number of benzene rings is 3. The van der Waals surface area contributed by atoms with E-state index >= 15 is 0 Å². The van der Waals surface area contributed by atoms with Crippen LogP contribution in [0.3, 0.4) is 0 Å². The number of anilines is 1. The van der Waals surface area contributed by atoms with Gasteiger partial charge in [0.1, 0.15) is 29.3 Å². The van der Waals surface area contributed by atoms with Crippen molar-refractivity contribution in [1.29, 1.82) is 0 Å². The summed E-state index contributed by atoms with van der Waals surface area (Å²) in [5.74, 6) is 2.90. The molecule has 1 saturated heterocycles. The zero-order chi connectivity index (χ0) is 25.0. The van der Waals surface area contributed by atoms with Crippen LogP contribution in [-0.4, -0.2) is 36.9 Å². The maximum Gasteiger partial charge on any atom is 0.164 e. The van der Waals surface area contributed by atoms with Gasteiger partial charge in [-0.2, -0.15) is 5.10 Å². The second-order valence-electron chi connectivity index (χ2n) is 8.68. The smallest absolute Gasteiger partial charge is 0.164 e. The molecular weight excluding hydrogens is 502 g/mol. The van der Waals surface area contributed by atoms with Crippen LogP contribution in [0.2, 0.25) is 0 Å². The normalized spacial score (nSPS) is 17.3. The molecule has 0 spiro atoms. The van der Waals surface area contributed by atoms with E-state index in [0.717, 1.165) is 39.5 Å². The van der Waals surface area contributed by atoms with Crippen molar-refractivity contribution in [1.82, 2.24) is 19.7 Å². The Morgan fingerprint density at radius 3 is 2.41 bits per heavy atom. The average Bonchev–Trinajstić information content (AvgIpc) is 3.54. The minimum Gasteiger partial charge on any atom is -0.457 e. The zero-order valence-corrected chi connectivity index (χ0v) is 21.6. The number of aromatic nitrogens is 4. The molecule has 9 heteroatoms.